The zero-order valence-corrected chi connectivity index (χ0v) is 10.6. The van der Waals surface area contributed by atoms with Gasteiger partial charge in [-0.25, -0.2) is 0 Å². The molecule has 0 saturated carbocycles. The molecule has 5 heteroatoms. The van der Waals surface area contributed by atoms with Crippen molar-refractivity contribution in [1.29, 1.82) is 0 Å². The maximum absolute atomic E-state index is 0. The second-order valence-electron chi connectivity index (χ2n) is 0. The topological polar surface area (TPSA) is 0 Å². The summed E-state index contributed by atoms with van der Waals surface area (Å²) in [6, 6.07) is 0. The minimum Gasteiger partial charge on any atom is -0.197 e. The van der Waals surface area contributed by atoms with Crippen LogP contribution in [0, 0.1) is 80.8 Å². The molecule has 0 atom stereocenters. The Hall–Kier alpha value is 3.73. The Morgan fingerprint density at radius 2 is 0.400 bits per heavy atom. The molecule has 0 saturated heterocycles. The van der Waals surface area contributed by atoms with E-state index in [1.165, 1.54) is 0 Å². The monoisotopic (exact) mass is 406 g/mol. The smallest absolute Gasteiger partial charge is 0 e. The first-order valence-electron chi connectivity index (χ1n) is 0. The van der Waals surface area contributed by atoms with Crippen molar-refractivity contribution >= 4 is 40.5 Å². The molecular formula is H6S3Sm2. The Bertz CT molecular complexity index is 4.85. The second kappa shape index (κ2) is 25.2. The van der Waals surface area contributed by atoms with Crippen molar-refractivity contribution in [2.45, 2.75) is 0 Å². The van der Waals surface area contributed by atoms with E-state index >= 15 is 0 Å². The van der Waals surface area contributed by atoms with E-state index in [1.54, 1.807) is 0 Å². The molecule has 0 unspecified atom stereocenters. The molecule has 0 bridgehead atoms. The fourth-order valence-electron chi connectivity index (χ4n) is 0. The second-order valence-corrected chi connectivity index (χ2v) is 0. The van der Waals surface area contributed by atoms with Crippen LogP contribution in [-0.4, -0.2) is 0 Å². The average Bonchev–Trinajstić information content (AvgIpc) is 0. The van der Waals surface area contributed by atoms with Gasteiger partial charge < -0.3 is 0 Å². The fourth-order valence-corrected chi connectivity index (χ4v) is 0. The van der Waals surface area contributed by atoms with Gasteiger partial charge in [-0.15, -0.1) is 0 Å². The summed E-state index contributed by atoms with van der Waals surface area (Å²) in [6.45, 7) is 0. The van der Waals surface area contributed by atoms with E-state index in [9.17, 15) is 0 Å². The minimum absolute atomic E-state index is 0. The van der Waals surface area contributed by atoms with Crippen molar-refractivity contribution in [1.82, 2.24) is 0 Å². The van der Waals surface area contributed by atoms with Crippen LogP contribution in [0.5, 0.6) is 0 Å². The first kappa shape index (κ1) is 37.5. The van der Waals surface area contributed by atoms with Crippen molar-refractivity contribution in [3.63, 3.8) is 0 Å². The zero-order chi connectivity index (χ0) is 0. The molecule has 0 spiro atoms. The molecular weight excluding hydrogens is 397 g/mol. The number of rotatable bonds is 0. The van der Waals surface area contributed by atoms with E-state index in [2.05, 4.69) is 0 Å². The molecule has 0 aliphatic heterocycles. The van der Waals surface area contributed by atoms with Gasteiger partial charge in [0.1, 0.15) is 0 Å². The fraction of sp³-hybridized carbons (Fsp3) is 0. The summed E-state index contributed by atoms with van der Waals surface area (Å²) in [5, 5.41) is 0. The predicted octanol–water partition coefficient (Wildman–Crippen LogP) is 0.338. The van der Waals surface area contributed by atoms with Gasteiger partial charge in [-0.3, -0.25) is 0 Å². The molecule has 0 rings (SSSR count). The van der Waals surface area contributed by atoms with Crippen molar-refractivity contribution in [3.8, 4) is 0 Å². The van der Waals surface area contributed by atoms with Crippen molar-refractivity contribution in [2.24, 2.45) is 0 Å². The molecule has 0 heterocycles. The van der Waals surface area contributed by atoms with E-state index < -0.39 is 0 Å². The molecule has 0 fully saturated rings. The van der Waals surface area contributed by atoms with E-state index in [0.717, 1.165) is 0 Å². The van der Waals surface area contributed by atoms with Crippen LogP contribution in [0.15, 0.2) is 0 Å². The third-order valence-electron chi connectivity index (χ3n) is 0. The molecule has 5 heavy (non-hydrogen) atoms. The summed E-state index contributed by atoms with van der Waals surface area (Å²) in [5.41, 5.74) is 0. The Kier molecular flexibility index (Phi) is 189. The van der Waals surface area contributed by atoms with Crippen LogP contribution in [-0.2, 0) is 0 Å². The van der Waals surface area contributed by atoms with Crippen LogP contribution in [0.25, 0.3) is 0 Å². The normalized spacial score (nSPS) is 0. The first-order chi connectivity index (χ1) is 0. The Morgan fingerprint density at radius 3 is 0.400 bits per heavy atom. The maximum Gasteiger partial charge on any atom is 0 e. The molecule has 0 aromatic rings. The van der Waals surface area contributed by atoms with Gasteiger partial charge in [-0.05, 0) is 0 Å². The zero-order valence-electron chi connectivity index (χ0n) is 2.32. The van der Waals surface area contributed by atoms with E-state index in [-0.39, 0.29) is 121 Å². The minimum atomic E-state index is 0. The standard InChI is InChI=1S/3H2S.2Sm/h3*1H2;;. The van der Waals surface area contributed by atoms with Crippen LogP contribution in [0.2, 0.25) is 0 Å². The van der Waals surface area contributed by atoms with Crippen LogP contribution >= 0.6 is 40.5 Å². The Morgan fingerprint density at radius 1 is 0.400 bits per heavy atom. The van der Waals surface area contributed by atoms with Gasteiger partial charge in [0, 0.05) is 80.8 Å². The van der Waals surface area contributed by atoms with Gasteiger partial charge in [0.15, 0.2) is 0 Å². The Labute approximate surface area is 118 Å². The van der Waals surface area contributed by atoms with Gasteiger partial charge in [0.05, 0.1) is 0 Å². The number of hydrogen-bond acceptors (Lipinski definition) is 0. The van der Waals surface area contributed by atoms with E-state index in [1.807, 2.05) is 0 Å². The summed E-state index contributed by atoms with van der Waals surface area (Å²) in [4.78, 5) is 0. The summed E-state index contributed by atoms with van der Waals surface area (Å²) in [5.74, 6) is 0. The quantitative estimate of drug-likeness (QED) is 0.548. The molecule has 0 aromatic heterocycles. The van der Waals surface area contributed by atoms with Gasteiger partial charge in [-0.2, -0.15) is 40.5 Å². The Balaban J connectivity index is 0. The van der Waals surface area contributed by atoms with Crippen molar-refractivity contribution in [2.75, 3.05) is 0 Å². The third kappa shape index (κ3) is 18.2. The summed E-state index contributed by atoms with van der Waals surface area (Å²) < 4.78 is 0. The van der Waals surface area contributed by atoms with Gasteiger partial charge in [-0.1, -0.05) is 0 Å². The molecule has 0 radical (unpaired) electrons. The molecule has 0 nitrogen and oxygen atoms in total. The SMILES string of the molecule is S.S.S.[Sm].[Sm]. The van der Waals surface area contributed by atoms with Gasteiger partial charge in [0.25, 0.3) is 0 Å². The molecule has 0 aromatic carbocycles. The first-order valence-corrected chi connectivity index (χ1v) is 0. The van der Waals surface area contributed by atoms with Crippen molar-refractivity contribution in [3.05, 3.63) is 0 Å². The van der Waals surface area contributed by atoms with Crippen LogP contribution in [0.3, 0.4) is 0 Å². The van der Waals surface area contributed by atoms with Crippen molar-refractivity contribution < 1.29 is 80.8 Å². The van der Waals surface area contributed by atoms with Gasteiger partial charge >= 0.3 is 0 Å². The van der Waals surface area contributed by atoms with E-state index in [4.69, 9.17) is 0 Å². The molecule has 0 aliphatic rings. The largest absolute Gasteiger partial charge is 0.197 e. The molecule has 0 aliphatic carbocycles. The summed E-state index contributed by atoms with van der Waals surface area (Å²) in [6.07, 6.45) is 0. The van der Waals surface area contributed by atoms with Crippen LogP contribution in [0.4, 0.5) is 0 Å². The van der Waals surface area contributed by atoms with Gasteiger partial charge in [0.2, 0.25) is 0 Å². The third-order valence-corrected chi connectivity index (χ3v) is 0. The predicted molar refractivity (Wildman–Crippen MR) is 31.1 cm³/mol. The van der Waals surface area contributed by atoms with E-state index in [0.29, 0.717) is 0 Å². The van der Waals surface area contributed by atoms with Crippen LogP contribution < -0.4 is 0 Å². The summed E-state index contributed by atoms with van der Waals surface area (Å²) in [7, 11) is 0. The summed E-state index contributed by atoms with van der Waals surface area (Å²) >= 11 is 0. The number of hydrogen-bond donors (Lipinski definition) is 0. The maximum atomic E-state index is 0. The molecule has 0 N–H and O–H groups in total. The molecule has 0 amide bonds. The molecule has 36 valence electrons. The average molecular weight is 403 g/mol. The van der Waals surface area contributed by atoms with Crippen LogP contribution in [0.1, 0.15) is 0 Å².